The van der Waals surface area contributed by atoms with Crippen LogP contribution in [-0.2, 0) is 16.6 Å². The van der Waals surface area contributed by atoms with Gasteiger partial charge in [-0.3, -0.25) is 4.90 Å². The number of hydrogen-bond donors (Lipinski definition) is 1. The first-order valence-electron chi connectivity index (χ1n) is 7.47. The minimum Gasteiger partial charge on any atom is -0.315 e. The van der Waals surface area contributed by atoms with E-state index in [9.17, 15) is 8.42 Å². The average Bonchev–Trinajstić information content (AvgIpc) is 2.96. The van der Waals surface area contributed by atoms with E-state index in [0.29, 0.717) is 36.6 Å². The van der Waals surface area contributed by atoms with E-state index in [1.807, 2.05) is 12.4 Å². The van der Waals surface area contributed by atoms with Crippen molar-refractivity contribution in [1.82, 2.24) is 14.5 Å². The summed E-state index contributed by atoms with van der Waals surface area (Å²) in [5.74, 6) is 0. The normalized spacial score (nSPS) is 27.9. The van der Waals surface area contributed by atoms with Crippen molar-refractivity contribution in [2.75, 3.05) is 27.2 Å². The van der Waals surface area contributed by atoms with E-state index < -0.39 is 10.0 Å². The van der Waals surface area contributed by atoms with Gasteiger partial charge in [0, 0.05) is 36.6 Å². The number of sulfonamides is 1. The Morgan fingerprint density at radius 2 is 2.10 bits per heavy atom. The summed E-state index contributed by atoms with van der Waals surface area (Å²) >= 11 is 1.51. The smallest absolute Gasteiger partial charge is 0.244 e. The number of nitrogens with one attached hydrogen (secondary N) is 1. The number of fused-ring (bicyclic) bond motifs is 2. The Labute approximate surface area is 131 Å². The van der Waals surface area contributed by atoms with Crippen molar-refractivity contribution >= 4 is 21.4 Å². The SMILES string of the molecule is CNCc1sccc1S(=O)(=O)N1CCC2CCC(C1)N2C. The summed E-state index contributed by atoms with van der Waals surface area (Å²) < 4.78 is 27.6. The second kappa shape index (κ2) is 5.96. The number of hydrogen-bond acceptors (Lipinski definition) is 5. The van der Waals surface area contributed by atoms with Crippen molar-refractivity contribution in [3.63, 3.8) is 0 Å². The van der Waals surface area contributed by atoms with E-state index in [1.54, 1.807) is 10.4 Å². The summed E-state index contributed by atoms with van der Waals surface area (Å²) in [5.41, 5.74) is 0. The van der Waals surface area contributed by atoms with Gasteiger partial charge in [-0.15, -0.1) is 11.3 Å². The first kappa shape index (κ1) is 15.4. The highest BCUT2D eigenvalue weighted by molar-refractivity contribution is 7.89. The molecule has 0 spiro atoms. The highest BCUT2D eigenvalue weighted by Gasteiger charge is 2.39. The summed E-state index contributed by atoms with van der Waals surface area (Å²) in [6, 6.07) is 2.67. The number of likely N-dealkylation sites (N-methyl/N-ethyl adjacent to an activating group) is 1. The standard InChI is InChI=1S/C14H23N3O2S2/c1-15-9-13-14(6-8-20-13)21(18,19)17-7-5-11-3-4-12(10-17)16(11)2/h6,8,11-12,15H,3-5,7,9-10H2,1-2H3. The molecule has 2 aliphatic heterocycles. The summed E-state index contributed by atoms with van der Waals surface area (Å²) in [4.78, 5) is 3.76. The van der Waals surface area contributed by atoms with E-state index in [2.05, 4.69) is 17.3 Å². The van der Waals surface area contributed by atoms with E-state index in [4.69, 9.17) is 0 Å². The molecule has 1 aromatic rings. The molecular formula is C14H23N3O2S2. The van der Waals surface area contributed by atoms with Gasteiger partial charge in [-0.1, -0.05) is 0 Å². The lowest BCUT2D eigenvalue weighted by Gasteiger charge is -2.25. The van der Waals surface area contributed by atoms with Crippen molar-refractivity contribution in [2.24, 2.45) is 0 Å². The average molecular weight is 329 g/mol. The summed E-state index contributed by atoms with van der Waals surface area (Å²) in [6.45, 7) is 1.87. The van der Waals surface area contributed by atoms with Crippen LogP contribution in [0, 0.1) is 0 Å². The Morgan fingerprint density at radius 1 is 1.33 bits per heavy atom. The Morgan fingerprint density at radius 3 is 2.86 bits per heavy atom. The summed E-state index contributed by atoms with van der Waals surface area (Å²) in [6.07, 6.45) is 3.26. The maximum absolute atomic E-state index is 13.0. The Kier molecular flexibility index (Phi) is 4.38. The second-order valence-electron chi connectivity index (χ2n) is 5.94. The lowest BCUT2D eigenvalue weighted by atomic mass is 10.1. The maximum atomic E-state index is 13.0. The zero-order chi connectivity index (χ0) is 15.0. The van der Waals surface area contributed by atoms with Gasteiger partial charge < -0.3 is 5.32 Å². The van der Waals surface area contributed by atoms with Crippen LogP contribution in [0.3, 0.4) is 0 Å². The first-order valence-corrected chi connectivity index (χ1v) is 9.79. The van der Waals surface area contributed by atoms with Gasteiger partial charge in [0.15, 0.2) is 0 Å². The molecule has 3 heterocycles. The van der Waals surface area contributed by atoms with Gasteiger partial charge in [0.2, 0.25) is 10.0 Å². The molecule has 0 saturated carbocycles. The molecule has 2 aliphatic rings. The molecule has 3 rings (SSSR count). The van der Waals surface area contributed by atoms with Gasteiger partial charge in [-0.2, -0.15) is 4.31 Å². The van der Waals surface area contributed by atoms with E-state index in [0.717, 1.165) is 17.7 Å². The molecule has 2 saturated heterocycles. The lowest BCUT2D eigenvalue weighted by Crippen LogP contribution is -2.39. The Bertz CT molecular complexity index is 599. The first-order chi connectivity index (χ1) is 10.0. The number of thiophene rings is 1. The molecule has 7 heteroatoms. The fourth-order valence-corrected chi connectivity index (χ4v) is 6.40. The van der Waals surface area contributed by atoms with Crippen LogP contribution in [0.2, 0.25) is 0 Å². The molecule has 2 bridgehead atoms. The van der Waals surface area contributed by atoms with Crippen LogP contribution in [0.25, 0.3) is 0 Å². The summed E-state index contributed by atoms with van der Waals surface area (Å²) in [7, 11) is 0.614. The van der Waals surface area contributed by atoms with Crippen LogP contribution in [0.5, 0.6) is 0 Å². The lowest BCUT2D eigenvalue weighted by molar-refractivity contribution is 0.246. The third kappa shape index (κ3) is 2.77. The van der Waals surface area contributed by atoms with Crippen LogP contribution in [-0.4, -0.2) is 56.9 Å². The predicted molar refractivity (Wildman–Crippen MR) is 85.0 cm³/mol. The number of nitrogens with zero attached hydrogens (tertiary/aromatic N) is 2. The molecule has 2 unspecified atom stereocenters. The van der Waals surface area contributed by atoms with Crippen molar-refractivity contribution in [3.8, 4) is 0 Å². The van der Waals surface area contributed by atoms with Crippen molar-refractivity contribution < 1.29 is 8.42 Å². The van der Waals surface area contributed by atoms with Gasteiger partial charge in [0.25, 0.3) is 0 Å². The molecular weight excluding hydrogens is 306 g/mol. The zero-order valence-electron chi connectivity index (χ0n) is 12.6. The van der Waals surface area contributed by atoms with E-state index >= 15 is 0 Å². The number of rotatable bonds is 4. The maximum Gasteiger partial charge on any atom is 0.244 e. The van der Waals surface area contributed by atoms with Crippen LogP contribution >= 0.6 is 11.3 Å². The molecule has 0 amide bonds. The third-order valence-corrected chi connectivity index (χ3v) is 7.77. The fraction of sp³-hybridized carbons (Fsp3) is 0.714. The molecule has 2 fully saturated rings. The molecule has 0 radical (unpaired) electrons. The van der Waals surface area contributed by atoms with Gasteiger partial charge in [-0.25, -0.2) is 8.42 Å². The fourth-order valence-electron chi connectivity index (χ4n) is 3.48. The highest BCUT2D eigenvalue weighted by Crippen LogP contribution is 2.32. The molecule has 0 aliphatic carbocycles. The van der Waals surface area contributed by atoms with Gasteiger partial charge >= 0.3 is 0 Å². The minimum absolute atomic E-state index is 0.374. The van der Waals surface area contributed by atoms with E-state index in [-0.39, 0.29) is 0 Å². The topological polar surface area (TPSA) is 52.7 Å². The minimum atomic E-state index is -3.36. The van der Waals surface area contributed by atoms with Crippen LogP contribution in [0.1, 0.15) is 24.1 Å². The van der Waals surface area contributed by atoms with Gasteiger partial charge in [0.05, 0.1) is 4.90 Å². The van der Waals surface area contributed by atoms with E-state index in [1.165, 1.54) is 17.8 Å². The zero-order valence-corrected chi connectivity index (χ0v) is 14.2. The molecule has 1 aromatic heterocycles. The molecule has 21 heavy (non-hydrogen) atoms. The van der Waals surface area contributed by atoms with Crippen LogP contribution in [0.4, 0.5) is 0 Å². The van der Waals surface area contributed by atoms with Gasteiger partial charge in [0.1, 0.15) is 0 Å². The van der Waals surface area contributed by atoms with Crippen LogP contribution < -0.4 is 5.32 Å². The van der Waals surface area contributed by atoms with Crippen molar-refractivity contribution in [2.45, 2.75) is 42.8 Å². The van der Waals surface area contributed by atoms with Crippen molar-refractivity contribution in [3.05, 3.63) is 16.3 Å². The van der Waals surface area contributed by atoms with Crippen LogP contribution in [0.15, 0.2) is 16.3 Å². The molecule has 2 atom stereocenters. The molecule has 5 nitrogen and oxygen atoms in total. The Balaban J connectivity index is 1.86. The quantitative estimate of drug-likeness (QED) is 0.905. The molecule has 0 aromatic carbocycles. The highest BCUT2D eigenvalue weighted by atomic mass is 32.2. The second-order valence-corrected chi connectivity index (χ2v) is 8.85. The molecule has 1 N–H and O–H groups in total. The van der Waals surface area contributed by atoms with Crippen molar-refractivity contribution in [1.29, 1.82) is 0 Å². The Hall–Kier alpha value is -0.470. The third-order valence-electron chi connectivity index (χ3n) is 4.77. The van der Waals surface area contributed by atoms with Gasteiger partial charge in [-0.05, 0) is 44.8 Å². The summed E-state index contributed by atoms with van der Waals surface area (Å²) in [5, 5.41) is 4.92. The monoisotopic (exact) mass is 329 g/mol. The largest absolute Gasteiger partial charge is 0.315 e. The molecule has 118 valence electrons. The predicted octanol–water partition coefficient (Wildman–Crippen LogP) is 1.32.